The van der Waals surface area contributed by atoms with Gasteiger partial charge in [-0.15, -0.1) is 0 Å². The molecule has 0 radical (unpaired) electrons. The number of benzene rings is 2. The molecular formula is C20H21N3O6. The van der Waals surface area contributed by atoms with Gasteiger partial charge in [-0.3, -0.25) is 19.2 Å². The third-order valence-electron chi connectivity index (χ3n) is 3.60. The predicted octanol–water partition coefficient (Wildman–Crippen LogP) is 1.57. The highest BCUT2D eigenvalue weighted by Crippen LogP contribution is 2.13. The topological polar surface area (TPSA) is 123 Å². The van der Waals surface area contributed by atoms with Gasteiger partial charge in [0.05, 0.1) is 7.11 Å². The molecule has 3 amide bonds. The SMILES string of the molecule is COc1ccc(C(=O)NCC(=O)OCC(=O)Nc2ccc(NC(C)=O)cc2)cc1. The Kier molecular flexibility index (Phi) is 7.72. The smallest absolute Gasteiger partial charge is 0.325 e. The van der Waals surface area contributed by atoms with Gasteiger partial charge in [0, 0.05) is 23.9 Å². The summed E-state index contributed by atoms with van der Waals surface area (Å²) < 4.78 is 9.84. The number of hydrogen-bond donors (Lipinski definition) is 3. The number of anilines is 2. The molecule has 0 bridgehead atoms. The molecule has 0 saturated carbocycles. The molecule has 0 fully saturated rings. The molecule has 0 heterocycles. The van der Waals surface area contributed by atoms with Crippen LogP contribution in [0.4, 0.5) is 11.4 Å². The number of carbonyl (C=O) groups is 4. The van der Waals surface area contributed by atoms with Gasteiger partial charge in [0.2, 0.25) is 5.91 Å². The highest BCUT2D eigenvalue weighted by atomic mass is 16.5. The summed E-state index contributed by atoms with van der Waals surface area (Å²) in [6, 6.07) is 12.8. The molecule has 0 aliphatic rings. The molecule has 9 heteroatoms. The Bertz CT molecular complexity index is 878. The van der Waals surface area contributed by atoms with E-state index in [1.165, 1.54) is 14.0 Å². The van der Waals surface area contributed by atoms with Crippen LogP contribution in [0.3, 0.4) is 0 Å². The quantitative estimate of drug-likeness (QED) is 0.579. The Morgan fingerprint density at radius 1 is 0.862 bits per heavy atom. The van der Waals surface area contributed by atoms with Crippen molar-refractivity contribution < 1.29 is 28.7 Å². The third kappa shape index (κ3) is 7.33. The lowest BCUT2D eigenvalue weighted by Crippen LogP contribution is -2.32. The third-order valence-corrected chi connectivity index (χ3v) is 3.60. The number of methoxy groups -OCH3 is 1. The first-order valence-corrected chi connectivity index (χ1v) is 8.63. The second-order valence-corrected chi connectivity index (χ2v) is 5.88. The van der Waals surface area contributed by atoms with Crippen LogP contribution in [0.2, 0.25) is 0 Å². The Labute approximate surface area is 167 Å². The fourth-order valence-electron chi connectivity index (χ4n) is 2.23. The summed E-state index contributed by atoms with van der Waals surface area (Å²) >= 11 is 0. The van der Waals surface area contributed by atoms with Crippen LogP contribution in [-0.4, -0.2) is 44.0 Å². The average molecular weight is 399 g/mol. The standard InChI is InChI=1S/C20H21N3O6/c1-13(24)22-15-5-7-16(8-6-15)23-18(25)12-29-19(26)11-21-20(27)14-3-9-17(28-2)10-4-14/h3-10H,11-12H2,1-2H3,(H,21,27)(H,22,24)(H,23,25). The van der Waals surface area contributed by atoms with Gasteiger partial charge in [0.15, 0.2) is 6.61 Å². The summed E-state index contributed by atoms with van der Waals surface area (Å²) in [6.45, 7) is 0.526. The maximum Gasteiger partial charge on any atom is 0.325 e. The molecule has 0 aromatic heterocycles. The van der Waals surface area contributed by atoms with E-state index >= 15 is 0 Å². The summed E-state index contributed by atoms with van der Waals surface area (Å²) in [5, 5.41) is 7.57. The molecule has 29 heavy (non-hydrogen) atoms. The van der Waals surface area contributed by atoms with Crippen molar-refractivity contribution in [1.29, 1.82) is 0 Å². The minimum absolute atomic E-state index is 0.201. The molecule has 9 nitrogen and oxygen atoms in total. The van der Waals surface area contributed by atoms with Crippen LogP contribution < -0.4 is 20.7 Å². The first kappa shape index (κ1) is 21.4. The zero-order chi connectivity index (χ0) is 21.2. The van der Waals surface area contributed by atoms with E-state index in [4.69, 9.17) is 9.47 Å². The van der Waals surface area contributed by atoms with Gasteiger partial charge >= 0.3 is 5.97 Å². The van der Waals surface area contributed by atoms with E-state index in [9.17, 15) is 19.2 Å². The Morgan fingerprint density at radius 2 is 1.45 bits per heavy atom. The van der Waals surface area contributed by atoms with Gasteiger partial charge in [0.25, 0.3) is 11.8 Å². The lowest BCUT2D eigenvalue weighted by molar-refractivity contribution is -0.146. The van der Waals surface area contributed by atoms with Crippen molar-refractivity contribution in [1.82, 2.24) is 5.32 Å². The van der Waals surface area contributed by atoms with E-state index in [0.29, 0.717) is 22.7 Å². The van der Waals surface area contributed by atoms with Crippen molar-refractivity contribution in [2.45, 2.75) is 6.92 Å². The molecular weight excluding hydrogens is 378 g/mol. The van der Waals surface area contributed by atoms with Gasteiger partial charge in [-0.05, 0) is 48.5 Å². The minimum atomic E-state index is -0.747. The summed E-state index contributed by atoms with van der Waals surface area (Å²) in [6.07, 6.45) is 0. The zero-order valence-electron chi connectivity index (χ0n) is 16.0. The number of carbonyl (C=O) groups excluding carboxylic acids is 4. The number of amides is 3. The van der Waals surface area contributed by atoms with Crippen LogP contribution in [0.25, 0.3) is 0 Å². The fraction of sp³-hybridized carbons (Fsp3) is 0.200. The number of rotatable bonds is 8. The molecule has 0 aliphatic carbocycles. The van der Waals surface area contributed by atoms with Gasteiger partial charge in [-0.2, -0.15) is 0 Å². The summed E-state index contributed by atoms with van der Waals surface area (Å²) in [7, 11) is 1.52. The molecule has 0 atom stereocenters. The maximum absolute atomic E-state index is 12.0. The van der Waals surface area contributed by atoms with Crippen molar-refractivity contribution in [3.05, 3.63) is 54.1 Å². The normalized spacial score (nSPS) is 9.86. The van der Waals surface area contributed by atoms with Gasteiger partial charge in [0.1, 0.15) is 12.3 Å². The van der Waals surface area contributed by atoms with Crippen LogP contribution in [-0.2, 0) is 19.1 Å². The zero-order valence-corrected chi connectivity index (χ0v) is 16.0. The Balaban J connectivity index is 1.71. The van der Waals surface area contributed by atoms with E-state index in [0.717, 1.165) is 0 Å². The molecule has 2 aromatic rings. The van der Waals surface area contributed by atoms with Crippen LogP contribution in [0.15, 0.2) is 48.5 Å². The van der Waals surface area contributed by atoms with Crippen LogP contribution in [0, 0.1) is 0 Å². The number of hydrogen-bond acceptors (Lipinski definition) is 6. The summed E-state index contributed by atoms with van der Waals surface area (Å²) in [4.78, 5) is 46.5. The molecule has 152 valence electrons. The van der Waals surface area contributed by atoms with Crippen molar-refractivity contribution in [3.63, 3.8) is 0 Å². The highest BCUT2D eigenvalue weighted by molar-refractivity contribution is 5.97. The van der Waals surface area contributed by atoms with Crippen LogP contribution >= 0.6 is 0 Å². The fourth-order valence-corrected chi connectivity index (χ4v) is 2.23. The van der Waals surface area contributed by atoms with Crippen molar-refractivity contribution in [3.8, 4) is 5.75 Å². The van der Waals surface area contributed by atoms with Gasteiger partial charge < -0.3 is 25.4 Å². The average Bonchev–Trinajstić information content (AvgIpc) is 2.71. The van der Waals surface area contributed by atoms with Crippen molar-refractivity contribution >= 4 is 35.1 Å². The van der Waals surface area contributed by atoms with Crippen molar-refractivity contribution in [2.75, 3.05) is 30.9 Å². The number of esters is 1. The van der Waals surface area contributed by atoms with Crippen LogP contribution in [0.5, 0.6) is 5.75 Å². The van der Waals surface area contributed by atoms with Crippen molar-refractivity contribution in [2.24, 2.45) is 0 Å². The van der Waals surface area contributed by atoms with E-state index < -0.39 is 24.4 Å². The first-order chi connectivity index (χ1) is 13.9. The lowest BCUT2D eigenvalue weighted by Gasteiger charge is -2.09. The molecule has 0 spiro atoms. The molecule has 2 rings (SSSR count). The monoisotopic (exact) mass is 399 g/mol. The number of nitrogens with one attached hydrogen (secondary N) is 3. The van der Waals surface area contributed by atoms with E-state index in [1.807, 2.05) is 0 Å². The lowest BCUT2D eigenvalue weighted by atomic mass is 10.2. The van der Waals surface area contributed by atoms with Crippen LogP contribution in [0.1, 0.15) is 17.3 Å². The Hall–Kier alpha value is -3.88. The van der Waals surface area contributed by atoms with E-state index in [1.54, 1.807) is 48.5 Å². The van der Waals surface area contributed by atoms with E-state index in [2.05, 4.69) is 16.0 Å². The highest BCUT2D eigenvalue weighted by Gasteiger charge is 2.11. The first-order valence-electron chi connectivity index (χ1n) is 8.63. The largest absolute Gasteiger partial charge is 0.497 e. The molecule has 3 N–H and O–H groups in total. The predicted molar refractivity (Wildman–Crippen MR) is 106 cm³/mol. The summed E-state index contributed by atoms with van der Waals surface area (Å²) in [5.41, 5.74) is 1.43. The molecule has 0 aliphatic heterocycles. The Morgan fingerprint density at radius 3 is 2.00 bits per heavy atom. The number of ether oxygens (including phenoxy) is 2. The van der Waals surface area contributed by atoms with E-state index in [-0.39, 0.29) is 12.5 Å². The van der Waals surface area contributed by atoms with Gasteiger partial charge in [-0.25, -0.2) is 0 Å². The molecule has 0 saturated heterocycles. The maximum atomic E-state index is 12.0. The summed E-state index contributed by atoms with van der Waals surface area (Å²) in [5.74, 6) is -1.33. The second-order valence-electron chi connectivity index (χ2n) is 5.88. The minimum Gasteiger partial charge on any atom is -0.497 e. The second kappa shape index (κ2) is 10.5. The molecule has 0 unspecified atom stereocenters. The molecule has 2 aromatic carbocycles. The van der Waals surface area contributed by atoms with Gasteiger partial charge in [-0.1, -0.05) is 0 Å².